The number of nitrogens with zero attached hydrogens (tertiary/aromatic N) is 2. The highest BCUT2D eigenvalue weighted by Crippen LogP contribution is 2.16. The molecule has 138 valence electrons. The minimum absolute atomic E-state index is 0.210. The van der Waals surface area contributed by atoms with Crippen molar-refractivity contribution < 1.29 is 18.1 Å². The smallest absolute Gasteiger partial charge is 0.277 e. The molecule has 0 atom stereocenters. The highest BCUT2D eigenvalue weighted by molar-refractivity contribution is 7.89. The zero-order valence-corrected chi connectivity index (χ0v) is 15.7. The van der Waals surface area contributed by atoms with Crippen LogP contribution in [0.25, 0.3) is 0 Å². The Kier molecular flexibility index (Phi) is 5.76. The maximum absolute atomic E-state index is 12.6. The van der Waals surface area contributed by atoms with Crippen LogP contribution in [-0.4, -0.2) is 69.3 Å². The molecule has 1 N–H and O–H groups in total. The van der Waals surface area contributed by atoms with Crippen LogP contribution in [0.4, 0.5) is 0 Å². The van der Waals surface area contributed by atoms with E-state index in [2.05, 4.69) is 6.92 Å². The fraction of sp³-hybridized carbons (Fsp3) is 0.611. The van der Waals surface area contributed by atoms with Gasteiger partial charge in [0.25, 0.3) is 5.91 Å². The lowest BCUT2D eigenvalue weighted by Gasteiger charge is -2.34. The molecule has 0 aromatic heterocycles. The Balaban J connectivity index is 1.51. The number of sulfonamides is 1. The van der Waals surface area contributed by atoms with Gasteiger partial charge in [0, 0.05) is 13.1 Å². The fourth-order valence-electron chi connectivity index (χ4n) is 3.54. The van der Waals surface area contributed by atoms with Crippen molar-refractivity contribution in [1.82, 2.24) is 9.21 Å². The van der Waals surface area contributed by atoms with Gasteiger partial charge in [0.05, 0.1) is 31.1 Å². The second-order valence-corrected chi connectivity index (χ2v) is 9.15. The molecule has 0 bridgehead atoms. The van der Waals surface area contributed by atoms with Crippen LogP contribution in [0.2, 0.25) is 0 Å². The van der Waals surface area contributed by atoms with E-state index in [-0.39, 0.29) is 5.91 Å². The van der Waals surface area contributed by atoms with Crippen LogP contribution < -0.4 is 4.90 Å². The summed E-state index contributed by atoms with van der Waals surface area (Å²) >= 11 is 0. The van der Waals surface area contributed by atoms with Gasteiger partial charge in [-0.05, 0) is 30.9 Å². The highest BCUT2D eigenvalue weighted by Gasteiger charge is 2.32. The molecule has 0 radical (unpaired) electrons. The van der Waals surface area contributed by atoms with E-state index in [0.717, 1.165) is 25.9 Å². The third-order valence-corrected chi connectivity index (χ3v) is 7.26. The average Bonchev–Trinajstić information content (AvgIpc) is 2.63. The SMILES string of the molecule is CC1CCN(C(=O)C[NH+]2CCN(S(=O)(=O)c3ccccc3)CC2)CC1. The molecule has 2 fully saturated rings. The number of rotatable bonds is 4. The van der Waals surface area contributed by atoms with Gasteiger partial charge in [-0.15, -0.1) is 0 Å². The summed E-state index contributed by atoms with van der Waals surface area (Å²) in [6.45, 7) is 6.74. The van der Waals surface area contributed by atoms with Crippen LogP contribution in [0.3, 0.4) is 0 Å². The van der Waals surface area contributed by atoms with Crippen molar-refractivity contribution in [3.63, 3.8) is 0 Å². The summed E-state index contributed by atoms with van der Waals surface area (Å²) in [6.07, 6.45) is 2.17. The third-order valence-electron chi connectivity index (χ3n) is 5.35. The molecule has 25 heavy (non-hydrogen) atoms. The van der Waals surface area contributed by atoms with E-state index in [9.17, 15) is 13.2 Å². The zero-order valence-electron chi connectivity index (χ0n) is 14.9. The summed E-state index contributed by atoms with van der Waals surface area (Å²) in [5.41, 5.74) is 0. The molecular formula is C18H28N3O3S+. The van der Waals surface area contributed by atoms with Crippen LogP contribution in [0.15, 0.2) is 35.2 Å². The van der Waals surface area contributed by atoms with Crippen LogP contribution in [0.1, 0.15) is 19.8 Å². The first-order chi connectivity index (χ1) is 12.0. The number of carbonyl (C=O) groups is 1. The van der Waals surface area contributed by atoms with E-state index in [1.54, 1.807) is 28.6 Å². The number of benzene rings is 1. The van der Waals surface area contributed by atoms with E-state index in [0.29, 0.717) is 43.5 Å². The molecule has 0 spiro atoms. The normalized spacial score (nSPS) is 21.4. The number of likely N-dealkylation sites (tertiary alicyclic amines) is 1. The second kappa shape index (κ2) is 7.85. The number of piperazine rings is 1. The maximum Gasteiger partial charge on any atom is 0.277 e. The predicted molar refractivity (Wildman–Crippen MR) is 95.7 cm³/mol. The molecule has 2 aliphatic rings. The molecule has 2 saturated heterocycles. The molecule has 6 nitrogen and oxygen atoms in total. The Morgan fingerprint density at radius 3 is 2.28 bits per heavy atom. The molecule has 1 amide bonds. The molecule has 2 aliphatic heterocycles. The lowest BCUT2D eigenvalue weighted by molar-refractivity contribution is -0.896. The van der Waals surface area contributed by atoms with Gasteiger partial charge in [-0.3, -0.25) is 4.79 Å². The van der Waals surface area contributed by atoms with E-state index < -0.39 is 10.0 Å². The van der Waals surface area contributed by atoms with Crippen molar-refractivity contribution in [1.29, 1.82) is 0 Å². The summed E-state index contributed by atoms with van der Waals surface area (Å²) in [7, 11) is -3.42. The molecule has 0 unspecified atom stereocenters. The predicted octanol–water partition coefficient (Wildman–Crippen LogP) is -0.166. The van der Waals surface area contributed by atoms with Crippen LogP contribution in [0, 0.1) is 5.92 Å². The van der Waals surface area contributed by atoms with Crippen molar-refractivity contribution in [2.75, 3.05) is 45.8 Å². The standard InChI is InChI=1S/C18H27N3O3S/c1-16-7-9-20(10-8-16)18(22)15-19-11-13-21(14-12-19)25(23,24)17-5-3-2-4-6-17/h2-6,16H,7-15H2,1H3/p+1. The number of hydrogen-bond donors (Lipinski definition) is 1. The average molecular weight is 367 g/mol. The highest BCUT2D eigenvalue weighted by atomic mass is 32.2. The summed E-state index contributed by atoms with van der Waals surface area (Å²) in [5, 5.41) is 0. The van der Waals surface area contributed by atoms with Gasteiger partial charge in [0.1, 0.15) is 0 Å². The van der Waals surface area contributed by atoms with Gasteiger partial charge in [0.15, 0.2) is 6.54 Å². The summed E-state index contributed by atoms with van der Waals surface area (Å²) in [5.74, 6) is 0.921. The fourth-order valence-corrected chi connectivity index (χ4v) is 5.01. The van der Waals surface area contributed by atoms with Crippen LogP contribution in [0.5, 0.6) is 0 Å². The van der Waals surface area contributed by atoms with E-state index >= 15 is 0 Å². The number of hydrogen-bond acceptors (Lipinski definition) is 3. The first-order valence-corrected chi connectivity index (χ1v) is 10.6. The number of nitrogens with one attached hydrogen (secondary N) is 1. The van der Waals surface area contributed by atoms with Gasteiger partial charge in [-0.25, -0.2) is 8.42 Å². The molecule has 0 saturated carbocycles. The summed E-state index contributed by atoms with van der Waals surface area (Å²) in [4.78, 5) is 15.9. The van der Waals surface area contributed by atoms with Gasteiger partial charge in [-0.1, -0.05) is 25.1 Å². The van der Waals surface area contributed by atoms with E-state index in [4.69, 9.17) is 0 Å². The van der Waals surface area contributed by atoms with Crippen molar-refractivity contribution >= 4 is 15.9 Å². The minimum Gasteiger partial charge on any atom is -0.338 e. The Bertz CT molecular complexity index is 677. The maximum atomic E-state index is 12.6. The first kappa shape index (κ1) is 18.4. The number of quaternary nitrogens is 1. The van der Waals surface area contributed by atoms with Crippen LogP contribution >= 0.6 is 0 Å². The Labute approximate surface area is 150 Å². The van der Waals surface area contributed by atoms with Crippen molar-refractivity contribution in [3.05, 3.63) is 30.3 Å². The minimum atomic E-state index is -3.42. The van der Waals surface area contributed by atoms with Gasteiger partial charge in [0.2, 0.25) is 10.0 Å². The summed E-state index contributed by atoms with van der Waals surface area (Å²) in [6, 6.07) is 8.57. The van der Waals surface area contributed by atoms with Crippen LogP contribution in [-0.2, 0) is 14.8 Å². The zero-order chi connectivity index (χ0) is 17.9. The summed E-state index contributed by atoms with van der Waals surface area (Å²) < 4.78 is 26.8. The van der Waals surface area contributed by atoms with Crippen molar-refractivity contribution in [2.24, 2.45) is 5.92 Å². The Morgan fingerprint density at radius 2 is 1.68 bits per heavy atom. The van der Waals surface area contributed by atoms with Gasteiger partial charge >= 0.3 is 0 Å². The quantitative estimate of drug-likeness (QED) is 0.805. The molecule has 7 heteroatoms. The lowest BCUT2D eigenvalue weighted by Crippen LogP contribution is -3.15. The molecule has 1 aromatic rings. The topological polar surface area (TPSA) is 62.1 Å². The molecular weight excluding hydrogens is 338 g/mol. The number of amides is 1. The Hall–Kier alpha value is -1.44. The van der Waals surface area contributed by atoms with Gasteiger partial charge in [-0.2, -0.15) is 4.31 Å². The van der Waals surface area contributed by atoms with E-state index in [1.165, 1.54) is 4.90 Å². The number of piperidine rings is 1. The number of carbonyl (C=O) groups excluding carboxylic acids is 1. The van der Waals surface area contributed by atoms with Gasteiger partial charge < -0.3 is 9.80 Å². The molecule has 0 aliphatic carbocycles. The molecule has 1 aromatic carbocycles. The first-order valence-electron chi connectivity index (χ1n) is 9.13. The molecule has 3 rings (SSSR count). The van der Waals surface area contributed by atoms with Crippen molar-refractivity contribution in [2.45, 2.75) is 24.7 Å². The lowest BCUT2D eigenvalue weighted by atomic mass is 9.99. The van der Waals surface area contributed by atoms with E-state index in [1.807, 2.05) is 11.0 Å². The second-order valence-electron chi connectivity index (χ2n) is 7.21. The monoisotopic (exact) mass is 366 g/mol. The largest absolute Gasteiger partial charge is 0.338 e. The molecule has 2 heterocycles. The van der Waals surface area contributed by atoms with Crippen molar-refractivity contribution in [3.8, 4) is 0 Å². The Morgan fingerprint density at radius 1 is 1.08 bits per heavy atom. The third kappa shape index (κ3) is 4.40.